The van der Waals surface area contributed by atoms with Crippen LogP contribution in [-0.4, -0.2) is 49.0 Å². The molecule has 1 aliphatic heterocycles. The summed E-state index contributed by atoms with van der Waals surface area (Å²) >= 11 is 0. The first-order chi connectivity index (χ1) is 12.2. The molecule has 0 unspecified atom stereocenters. The Balaban J connectivity index is 1.49. The lowest BCUT2D eigenvalue weighted by Crippen LogP contribution is -2.51. The quantitative estimate of drug-likeness (QED) is 0.772. The van der Waals surface area contributed by atoms with Gasteiger partial charge in [-0.2, -0.15) is 0 Å². The van der Waals surface area contributed by atoms with Crippen LogP contribution in [0.4, 0.5) is 0 Å². The fraction of sp³-hybridized carbons (Fsp3) is 0.294. The van der Waals surface area contributed by atoms with Crippen molar-refractivity contribution < 1.29 is 14.3 Å². The number of nitrogens with zero attached hydrogens (tertiary/aromatic N) is 5. The van der Waals surface area contributed by atoms with Crippen molar-refractivity contribution in [3.63, 3.8) is 0 Å². The maximum absolute atomic E-state index is 12.7. The van der Waals surface area contributed by atoms with Crippen LogP contribution in [0.5, 0.6) is 0 Å². The van der Waals surface area contributed by atoms with Gasteiger partial charge < -0.3 is 14.4 Å². The third-order valence-corrected chi connectivity index (χ3v) is 4.29. The molecule has 1 saturated heterocycles. The van der Waals surface area contributed by atoms with E-state index in [1.165, 1.54) is 6.39 Å². The Hall–Kier alpha value is -3.00. The van der Waals surface area contributed by atoms with Crippen molar-refractivity contribution >= 4 is 5.91 Å². The first-order valence-corrected chi connectivity index (χ1v) is 7.97. The number of amides is 1. The number of carbonyl (C=O) groups is 1. The molecule has 8 nitrogen and oxygen atoms in total. The van der Waals surface area contributed by atoms with Gasteiger partial charge in [0.1, 0.15) is 5.69 Å². The fourth-order valence-electron chi connectivity index (χ4n) is 2.89. The number of benzene rings is 1. The van der Waals surface area contributed by atoms with E-state index in [1.807, 2.05) is 31.2 Å². The van der Waals surface area contributed by atoms with Gasteiger partial charge in [0, 0.05) is 18.7 Å². The molecule has 1 aromatic carbocycles. The summed E-state index contributed by atoms with van der Waals surface area (Å²) in [7, 11) is 0. The number of aromatic nitrogens is 4. The van der Waals surface area contributed by atoms with Crippen LogP contribution >= 0.6 is 0 Å². The zero-order valence-corrected chi connectivity index (χ0v) is 13.7. The molecule has 0 atom stereocenters. The van der Waals surface area contributed by atoms with Gasteiger partial charge in [0.2, 0.25) is 0 Å². The molecule has 8 heteroatoms. The van der Waals surface area contributed by atoms with Crippen LogP contribution in [0.1, 0.15) is 27.8 Å². The minimum Gasteiger partial charge on any atom is -0.443 e. The standard InChI is InChI=1S/C17H17N5O3/c1-11-3-2-4-12(5-11)16-15(18-10-25-16)17(24)21-7-14(8-21)22-6-13(9-23)19-20-22/h2-6,10,14,23H,7-9H2,1H3. The van der Waals surface area contributed by atoms with Crippen LogP contribution in [-0.2, 0) is 6.61 Å². The number of likely N-dealkylation sites (tertiary alicyclic amines) is 1. The highest BCUT2D eigenvalue weighted by Crippen LogP contribution is 2.28. The smallest absolute Gasteiger partial charge is 0.276 e. The lowest BCUT2D eigenvalue weighted by Gasteiger charge is -2.38. The molecule has 25 heavy (non-hydrogen) atoms. The molecule has 1 aliphatic rings. The van der Waals surface area contributed by atoms with Crippen LogP contribution in [0.3, 0.4) is 0 Å². The number of aliphatic hydroxyl groups excluding tert-OH is 1. The van der Waals surface area contributed by atoms with E-state index in [0.717, 1.165) is 11.1 Å². The van der Waals surface area contributed by atoms with Gasteiger partial charge in [-0.15, -0.1) is 5.10 Å². The zero-order valence-electron chi connectivity index (χ0n) is 13.7. The van der Waals surface area contributed by atoms with Gasteiger partial charge in [-0.1, -0.05) is 29.0 Å². The van der Waals surface area contributed by atoms with E-state index in [9.17, 15) is 4.79 Å². The molecule has 3 aromatic rings. The largest absolute Gasteiger partial charge is 0.443 e. The zero-order chi connectivity index (χ0) is 17.4. The monoisotopic (exact) mass is 339 g/mol. The summed E-state index contributed by atoms with van der Waals surface area (Å²) in [6.07, 6.45) is 2.99. The number of hydrogen-bond donors (Lipinski definition) is 1. The predicted molar refractivity (Wildman–Crippen MR) is 87.6 cm³/mol. The molecule has 0 saturated carbocycles. The van der Waals surface area contributed by atoms with Crippen molar-refractivity contribution in [3.05, 3.63) is 53.8 Å². The normalized spacial score (nSPS) is 14.6. The van der Waals surface area contributed by atoms with E-state index < -0.39 is 0 Å². The molecular weight excluding hydrogens is 322 g/mol. The minimum absolute atomic E-state index is 0.0612. The van der Waals surface area contributed by atoms with Crippen molar-refractivity contribution in [2.75, 3.05) is 13.1 Å². The Bertz CT molecular complexity index is 910. The second-order valence-electron chi connectivity index (χ2n) is 6.11. The van der Waals surface area contributed by atoms with E-state index in [-0.39, 0.29) is 18.6 Å². The summed E-state index contributed by atoms with van der Waals surface area (Å²) in [6, 6.07) is 7.83. The Morgan fingerprint density at radius 3 is 2.96 bits per heavy atom. The van der Waals surface area contributed by atoms with Crippen LogP contribution < -0.4 is 0 Å². The maximum atomic E-state index is 12.7. The van der Waals surface area contributed by atoms with E-state index >= 15 is 0 Å². The molecule has 0 spiro atoms. The van der Waals surface area contributed by atoms with E-state index in [2.05, 4.69) is 15.3 Å². The molecule has 2 aromatic heterocycles. The first kappa shape index (κ1) is 15.5. The fourth-order valence-corrected chi connectivity index (χ4v) is 2.89. The van der Waals surface area contributed by atoms with Gasteiger partial charge in [-0.25, -0.2) is 9.67 Å². The molecule has 1 N–H and O–H groups in total. The summed E-state index contributed by atoms with van der Waals surface area (Å²) in [4.78, 5) is 18.5. The third kappa shape index (κ3) is 2.80. The van der Waals surface area contributed by atoms with E-state index in [4.69, 9.17) is 9.52 Å². The Kier molecular flexibility index (Phi) is 3.81. The maximum Gasteiger partial charge on any atom is 0.276 e. The number of oxazole rings is 1. The van der Waals surface area contributed by atoms with Crippen molar-refractivity contribution in [2.45, 2.75) is 19.6 Å². The van der Waals surface area contributed by atoms with E-state index in [0.29, 0.717) is 30.2 Å². The van der Waals surface area contributed by atoms with Gasteiger partial charge in [0.05, 0.1) is 18.8 Å². The SMILES string of the molecule is Cc1cccc(-c2ocnc2C(=O)N2CC(n3cc(CO)nn3)C2)c1. The van der Waals surface area contributed by atoms with Crippen LogP contribution in [0.2, 0.25) is 0 Å². The molecule has 1 amide bonds. The summed E-state index contributed by atoms with van der Waals surface area (Å²) in [5.74, 6) is 0.324. The molecular formula is C17H17N5O3. The second-order valence-corrected chi connectivity index (χ2v) is 6.11. The highest BCUT2D eigenvalue weighted by atomic mass is 16.3. The third-order valence-electron chi connectivity index (χ3n) is 4.29. The molecule has 0 bridgehead atoms. The first-order valence-electron chi connectivity index (χ1n) is 7.97. The Labute approximate surface area is 143 Å². The van der Waals surface area contributed by atoms with Crippen molar-refractivity contribution in [1.82, 2.24) is 24.9 Å². The molecule has 1 fully saturated rings. The van der Waals surface area contributed by atoms with Crippen LogP contribution in [0.15, 0.2) is 41.3 Å². The Morgan fingerprint density at radius 1 is 1.40 bits per heavy atom. The molecule has 128 valence electrons. The topological polar surface area (TPSA) is 97.3 Å². The summed E-state index contributed by atoms with van der Waals surface area (Å²) in [5, 5.41) is 16.9. The van der Waals surface area contributed by atoms with Crippen molar-refractivity contribution in [3.8, 4) is 11.3 Å². The van der Waals surface area contributed by atoms with Crippen molar-refractivity contribution in [1.29, 1.82) is 0 Å². The number of hydrogen-bond acceptors (Lipinski definition) is 6. The summed E-state index contributed by atoms with van der Waals surface area (Å²) in [6.45, 7) is 2.88. The molecule has 0 aliphatic carbocycles. The van der Waals surface area contributed by atoms with Crippen molar-refractivity contribution in [2.24, 2.45) is 0 Å². The minimum atomic E-state index is -0.163. The molecule has 0 radical (unpaired) electrons. The van der Waals surface area contributed by atoms with Gasteiger partial charge in [-0.3, -0.25) is 4.79 Å². The van der Waals surface area contributed by atoms with Crippen LogP contribution in [0, 0.1) is 6.92 Å². The second kappa shape index (κ2) is 6.14. The number of aliphatic hydroxyl groups is 1. The van der Waals surface area contributed by atoms with Gasteiger partial charge >= 0.3 is 0 Å². The number of carbonyl (C=O) groups excluding carboxylic acids is 1. The highest BCUT2D eigenvalue weighted by molar-refractivity contribution is 5.98. The Morgan fingerprint density at radius 2 is 2.24 bits per heavy atom. The lowest BCUT2D eigenvalue weighted by atomic mass is 10.1. The van der Waals surface area contributed by atoms with Gasteiger partial charge in [0.25, 0.3) is 5.91 Å². The highest BCUT2D eigenvalue weighted by Gasteiger charge is 2.35. The van der Waals surface area contributed by atoms with Gasteiger partial charge in [-0.05, 0) is 13.0 Å². The summed E-state index contributed by atoms with van der Waals surface area (Å²) in [5.41, 5.74) is 2.76. The van der Waals surface area contributed by atoms with E-state index in [1.54, 1.807) is 15.8 Å². The number of rotatable bonds is 4. The van der Waals surface area contributed by atoms with Gasteiger partial charge in [0.15, 0.2) is 17.8 Å². The van der Waals surface area contributed by atoms with Crippen LogP contribution in [0.25, 0.3) is 11.3 Å². The lowest BCUT2D eigenvalue weighted by molar-refractivity contribution is 0.0493. The predicted octanol–water partition coefficient (Wildman–Crippen LogP) is 1.43. The average Bonchev–Trinajstić information content (AvgIpc) is 3.22. The summed E-state index contributed by atoms with van der Waals surface area (Å²) < 4.78 is 7.14. The molecule has 4 rings (SSSR count). The number of aryl methyl sites for hydroxylation is 1. The average molecular weight is 339 g/mol. The molecule has 3 heterocycles.